The van der Waals surface area contributed by atoms with Gasteiger partial charge in [-0.2, -0.15) is 0 Å². The molecule has 1 N–H and O–H groups in total. The van der Waals surface area contributed by atoms with Gasteiger partial charge in [-0.15, -0.1) is 0 Å². The third kappa shape index (κ3) is 3.21. The van der Waals surface area contributed by atoms with Crippen molar-refractivity contribution in [1.82, 2.24) is 5.32 Å². The summed E-state index contributed by atoms with van der Waals surface area (Å²) in [5.41, 5.74) is 2.70. The number of aryl methyl sites for hydroxylation is 1. The van der Waals surface area contributed by atoms with Crippen molar-refractivity contribution in [2.45, 2.75) is 44.6 Å². The second kappa shape index (κ2) is 5.57. The van der Waals surface area contributed by atoms with Gasteiger partial charge < -0.3 is 10.1 Å². The van der Waals surface area contributed by atoms with Crippen molar-refractivity contribution < 1.29 is 9.53 Å². The van der Waals surface area contributed by atoms with Gasteiger partial charge in [0.2, 0.25) is 5.91 Å². The molecule has 2 fully saturated rings. The van der Waals surface area contributed by atoms with E-state index in [1.54, 1.807) is 0 Å². The van der Waals surface area contributed by atoms with Crippen molar-refractivity contribution in [3.63, 3.8) is 0 Å². The van der Waals surface area contributed by atoms with Gasteiger partial charge in [-0.1, -0.05) is 24.3 Å². The van der Waals surface area contributed by atoms with E-state index in [9.17, 15) is 4.79 Å². The van der Waals surface area contributed by atoms with Crippen LogP contribution in [0.4, 0.5) is 0 Å². The Morgan fingerprint density at radius 1 is 1.40 bits per heavy atom. The van der Waals surface area contributed by atoms with Gasteiger partial charge >= 0.3 is 0 Å². The number of hydrogen-bond donors (Lipinski definition) is 1. The molecule has 1 aromatic rings. The minimum atomic E-state index is 0.0304. The molecule has 1 heterocycles. The smallest absolute Gasteiger partial charge is 0.220 e. The summed E-state index contributed by atoms with van der Waals surface area (Å²) in [6.45, 7) is 3.70. The van der Waals surface area contributed by atoms with Gasteiger partial charge in [0, 0.05) is 25.2 Å². The molecule has 2 aliphatic rings. The number of benzene rings is 1. The van der Waals surface area contributed by atoms with E-state index in [0.717, 1.165) is 38.9 Å². The number of hydrogen-bond acceptors (Lipinski definition) is 2. The van der Waals surface area contributed by atoms with E-state index in [-0.39, 0.29) is 11.4 Å². The molecule has 20 heavy (non-hydrogen) atoms. The number of nitrogens with one attached hydrogen (secondary N) is 1. The maximum absolute atomic E-state index is 12.2. The number of carbonyl (C=O) groups is 1. The zero-order chi connectivity index (χ0) is 14.0. The predicted octanol–water partition coefficient (Wildman–Crippen LogP) is 2.61. The number of rotatable bonds is 5. The molecule has 0 aromatic heterocycles. The summed E-state index contributed by atoms with van der Waals surface area (Å²) >= 11 is 0. The summed E-state index contributed by atoms with van der Waals surface area (Å²) < 4.78 is 5.34. The van der Waals surface area contributed by atoms with Gasteiger partial charge in [0.1, 0.15) is 0 Å². The lowest BCUT2D eigenvalue weighted by Crippen LogP contribution is -2.39. The summed E-state index contributed by atoms with van der Waals surface area (Å²) in [6.07, 6.45) is 4.82. The average Bonchev–Trinajstić information content (AvgIpc) is 2.96. The van der Waals surface area contributed by atoms with Crippen molar-refractivity contribution in [2.24, 2.45) is 5.92 Å². The first-order valence-corrected chi connectivity index (χ1v) is 7.60. The van der Waals surface area contributed by atoms with Crippen LogP contribution in [0.2, 0.25) is 0 Å². The molecule has 3 heteroatoms. The Hall–Kier alpha value is -1.35. The largest absolute Gasteiger partial charge is 0.381 e. The number of amides is 1. The number of ether oxygens (including phenoxy) is 1. The van der Waals surface area contributed by atoms with E-state index in [0.29, 0.717) is 12.3 Å². The van der Waals surface area contributed by atoms with Crippen LogP contribution in [0.1, 0.15) is 36.8 Å². The van der Waals surface area contributed by atoms with Crippen LogP contribution in [-0.2, 0) is 16.0 Å². The van der Waals surface area contributed by atoms with E-state index >= 15 is 0 Å². The first kappa shape index (κ1) is 13.6. The quantitative estimate of drug-likeness (QED) is 0.895. The highest BCUT2D eigenvalue weighted by Crippen LogP contribution is 2.39. The Kier molecular flexibility index (Phi) is 3.79. The molecule has 1 aromatic carbocycles. The van der Waals surface area contributed by atoms with Crippen LogP contribution in [0.15, 0.2) is 24.3 Å². The van der Waals surface area contributed by atoms with Gasteiger partial charge in [0.05, 0.1) is 0 Å². The van der Waals surface area contributed by atoms with Crippen LogP contribution >= 0.6 is 0 Å². The molecule has 1 amide bonds. The van der Waals surface area contributed by atoms with Crippen LogP contribution in [0.25, 0.3) is 0 Å². The zero-order valence-electron chi connectivity index (χ0n) is 12.2. The van der Waals surface area contributed by atoms with Gasteiger partial charge in [-0.05, 0) is 49.7 Å². The Labute approximate surface area is 120 Å². The van der Waals surface area contributed by atoms with Crippen molar-refractivity contribution in [3.8, 4) is 0 Å². The molecule has 3 nitrogen and oxygen atoms in total. The molecule has 108 valence electrons. The molecule has 1 aliphatic heterocycles. The topological polar surface area (TPSA) is 38.3 Å². The molecule has 1 saturated carbocycles. The highest BCUT2D eigenvalue weighted by Gasteiger charge is 2.44. The van der Waals surface area contributed by atoms with Crippen LogP contribution in [-0.4, -0.2) is 24.7 Å². The minimum Gasteiger partial charge on any atom is -0.381 e. The third-order valence-electron chi connectivity index (χ3n) is 4.55. The predicted molar refractivity (Wildman–Crippen MR) is 78.5 cm³/mol. The molecule has 1 saturated heterocycles. The van der Waals surface area contributed by atoms with Crippen molar-refractivity contribution >= 4 is 5.91 Å². The highest BCUT2D eigenvalue weighted by molar-refractivity contribution is 5.77. The van der Waals surface area contributed by atoms with Crippen LogP contribution in [0.3, 0.4) is 0 Å². The van der Waals surface area contributed by atoms with Gasteiger partial charge in [-0.3, -0.25) is 4.79 Å². The molecule has 1 unspecified atom stereocenters. The SMILES string of the molecule is Cc1ccccc1CC1(NC(=O)CC2CCOC2)CC1. The Balaban J connectivity index is 1.56. The maximum atomic E-state index is 12.2. The monoisotopic (exact) mass is 273 g/mol. The molecule has 3 rings (SSSR count). The molecular formula is C17H23NO2. The van der Waals surface area contributed by atoms with E-state index < -0.39 is 0 Å². The number of carbonyl (C=O) groups excluding carboxylic acids is 1. The van der Waals surface area contributed by atoms with E-state index in [1.807, 2.05) is 0 Å². The average molecular weight is 273 g/mol. The third-order valence-corrected chi connectivity index (χ3v) is 4.55. The lowest BCUT2D eigenvalue weighted by Gasteiger charge is -2.19. The summed E-state index contributed by atoms with van der Waals surface area (Å²) in [6, 6.07) is 8.46. The second-order valence-corrected chi connectivity index (χ2v) is 6.37. The lowest BCUT2D eigenvalue weighted by molar-refractivity contribution is -0.123. The lowest BCUT2D eigenvalue weighted by atomic mass is 9.98. The Bertz CT molecular complexity index is 488. The molecule has 1 atom stereocenters. The standard InChI is InChI=1S/C17H23NO2/c1-13-4-2-3-5-15(13)11-17(7-8-17)18-16(19)10-14-6-9-20-12-14/h2-5,14H,6-12H2,1H3,(H,18,19). The van der Waals surface area contributed by atoms with Crippen LogP contribution < -0.4 is 5.32 Å². The fourth-order valence-electron chi connectivity index (χ4n) is 3.02. The van der Waals surface area contributed by atoms with E-state index in [1.165, 1.54) is 11.1 Å². The zero-order valence-corrected chi connectivity index (χ0v) is 12.2. The fourth-order valence-corrected chi connectivity index (χ4v) is 3.02. The summed E-state index contributed by atoms with van der Waals surface area (Å²) in [4.78, 5) is 12.2. The van der Waals surface area contributed by atoms with Gasteiger partial charge in [0.25, 0.3) is 0 Å². The Morgan fingerprint density at radius 2 is 2.20 bits per heavy atom. The molecule has 1 aliphatic carbocycles. The summed E-state index contributed by atoms with van der Waals surface area (Å²) in [7, 11) is 0. The van der Waals surface area contributed by atoms with Gasteiger partial charge in [0.15, 0.2) is 0 Å². The fraction of sp³-hybridized carbons (Fsp3) is 0.588. The van der Waals surface area contributed by atoms with Crippen LogP contribution in [0.5, 0.6) is 0 Å². The molecule has 0 radical (unpaired) electrons. The molecular weight excluding hydrogens is 250 g/mol. The second-order valence-electron chi connectivity index (χ2n) is 6.37. The first-order chi connectivity index (χ1) is 9.67. The summed E-state index contributed by atoms with van der Waals surface area (Å²) in [5.74, 6) is 0.621. The van der Waals surface area contributed by atoms with E-state index in [4.69, 9.17) is 4.74 Å². The maximum Gasteiger partial charge on any atom is 0.220 e. The highest BCUT2D eigenvalue weighted by atomic mass is 16.5. The van der Waals surface area contributed by atoms with Crippen molar-refractivity contribution in [1.29, 1.82) is 0 Å². The van der Waals surface area contributed by atoms with Gasteiger partial charge in [-0.25, -0.2) is 0 Å². The van der Waals surface area contributed by atoms with Crippen molar-refractivity contribution in [2.75, 3.05) is 13.2 Å². The normalized spacial score (nSPS) is 23.6. The minimum absolute atomic E-state index is 0.0304. The van der Waals surface area contributed by atoms with Crippen LogP contribution in [0, 0.1) is 12.8 Å². The van der Waals surface area contributed by atoms with Crippen molar-refractivity contribution in [3.05, 3.63) is 35.4 Å². The molecule has 0 bridgehead atoms. The molecule has 0 spiro atoms. The first-order valence-electron chi connectivity index (χ1n) is 7.60. The Morgan fingerprint density at radius 3 is 2.85 bits per heavy atom. The van der Waals surface area contributed by atoms with E-state index in [2.05, 4.69) is 36.5 Å². The summed E-state index contributed by atoms with van der Waals surface area (Å²) in [5, 5.41) is 3.28.